The first-order valence-corrected chi connectivity index (χ1v) is 9.67. The van der Waals surface area contributed by atoms with Crippen molar-refractivity contribution in [2.24, 2.45) is 0 Å². The summed E-state index contributed by atoms with van der Waals surface area (Å²) in [6, 6.07) is 10.1. The van der Waals surface area contributed by atoms with E-state index in [0.717, 1.165) is 5.56 Å². The van der Waals surface area contributed by atoms with Crippen LogP contribution in [0.2, 0.25) is 0 Å². The van der Waals surface area contributed by atoms with Gasteiger partial charge in [0.05, 0.1) is 11.5 Å². The minimum absolute atomic E-state index is 0.186. The van der Waals surface area contributed by atoms with Crippen LogP contribution in [-0.2, 0) is 14.8 Å². The summed E-state index contributed by atoms with van der Waals surface area (Å²) >= 11 is 0. The maximum absolute atomic E-state index is 13.1. The second kappa shape index (κ2) is 8.62. The summed E-state index contributed by atoms with van der Waals surface area (Å²) in [6.07, 6.45) is 0. The van der Waals surface area contributed by atoms with Crippen LogP contribution in [0.4, 0.5) is 4.39 Å². The van der Waals surface area contributed by atoms with E-state index >= 15 is 0 Å². The number of nitrogens with zero attached hydrogens (tertiary/aromatic N) is 1. The molecule has 5 nitrogen and oxygen atoms in total. The van der Waals surface area contributed by atoms with Crippen molar-refractivity contribution in [1.29, 1.82) is 0 Å². The second-order valence-electron chi connectivity index (χ2n) is 6.02. The Labute approximate surface area is 154 Å². The molecule has 0 N–H and O–H groups in total. The predicted octanol–water partition coefficient (Wildman–Crippen LogP) is 3.54. The van der Waals surface area contributed by atoms with Crippen molar-refractivity contribution in [3.8, 4) is 5.75 Å². The number of hydrogen-bond donors (Lipinski definition) is 0. The Bertz CT molecular complexity index is 837. The zero-order valence-corrected chi connectivity index (χ0v) is 16.2. The highest BCUT2D eigenvalue weighted by Gasteiger charge is 2.26. The fourth-order valence-electron chi connectivity index (χ4n) is 2.50. The summed E-state index contributed by atoms with van der Waals surface area (Å²) < 4.78 is 50.7. The number of methoxy groups -OCH3 is 1. The maximum Gasteiger partial charge on any atom is 0.243 e. The van der Waals surface area contributed by atoms with Gasteiger partial charge in [0, 0.05) is 20.2 Å². The van der Waals surface area contributed by atoms with E-state index in [4.69, 9.17) is 9.47 Å². The van der Waals surface area contributed by atoms with Gasteiger partial charge in [-0.2, -0.15) is 4.31 Å². The third-order valence-electron chi connectivity index (χ3n) is 4.27. The van der Waals surface area contributed by atoms with Crippen LogP contribution in [-0.4, -0.2) is 40.1 Å². The molecular formula is C19H24FNO4S. The number of hydrogen-bond acceptors (Lipinski definition) is 4. The summed E-state index contributed by atoms with van der Waals surface area (Å²) in [5.74, 6) is 0.265. The summed E-state index contributed by atoms with van der Waals surface area (Å²) in [5, 5.41) is 0. The largest absolute Gasteiger partial charge is 0.491 e. The second-order valence-corrected chi connectivity index (χ2v) is 8.01. The van der Waals surface area contributed by atoms with Crippen molar-refractivity contribution in [2.45, 2.75) is 24.8 Å². The molecule has 0 aliphatic rings. The number of benzene rings is 2. The molecule has 0 aliphatic heterocycles. The lowest BCUT2D eigenvalue weighted by Crippen LogP contribution is -2.29. The van der Waals surface area contributed by atoms with Crippen LogP contribution in [0.3, 0.4) is 0 Å². The monoisotopic (exact) mass is 381 g/mol. The fourth-order valence-corrected chi connectivity index (χ4v) is 3.94. The molecule has 0 radical (unpaired) electrons. The Balaban J connectivity index is 2.22. The molecule has 0 amide bonds. The lowest BCUT2D eigenvalue weighted by molar-refractivity contribution is 0.146. The zero-order valence-electron chi connectivity index (χ0n) is 15.4. The van der Waals surface area contributed by atoms with Crippen LogP contribution in [0.5, 0.6) is 5.75 Å². The highest BCUT2D eigenvalue weighted by atomic mass is 32.2. The van der Waals surface area contributed by atoms with Crippen molar-refractivity contribution >= 4 is 10.0 Å². The van der Waals surface area contributed by atoms with Crippen LogP contribution in [0.1, 0.15) is 24.1 Å². The average Bonchev–Trinajstić information content (AvgIpc) is 2.62. The Morgan fingerprint density at radius 1 is 1.12 bits per heavy atom. The van der Waals surface area contributed by atoms with Gasteiger partial charge in [-0.3, -0.25) is 0 Å². The van der Waals surface area contributed by atoms with Gasteiger partial charge in [0.15, 0.2) is 0 Å². The van der Waals surface area contributed by atoms with Crippen LogP contribution in [0.25, 0.3) is 0 Å². The van der Waals surface area contributed by atoms with E-state index in [2.05, 4.69) is 0 Å². The molecule has 142 valence electrons. The molecule has 0 bridgehead atoms. The van der Waals surface area contributed by atoms with Crippen molar-refractivity contribution in [2.75, 3.05) is 27.4 Å². The smallest absolute Gasteiger partial charge is 0.243 e. The molecule has 0 saturated heterocycles. The fraction of sp³-hybridized carbons (Fsp3) is 0.368. The van der Waals surface area contributed by atoms with Gasteiger partial charge in [0.1, 0.15) is 18.2 Å². The van der Waals surface area contributed by atoms with Gasteiger partial charge in [-0.05, 0) is 55.3 Å². The Hall–Kier alpha value is -1.96. The minimum atomic E-state index is -3.70. The molecule has 1 unspecified atom stereocenters. The molecule has 1 atom stereocenters. The molecule has 2 aromatic carbocycles. The first-order chi connectivity index (χ1) is 12.3. The highest BCUT2D eigenvalue weighted by molar-refractivity contribution is 7.89. The van der Waals surface area contributed by atoms with Gasteiger partial charge in [0.2, 0.25) is 10.0 Å². The molecule has 2 rings (SSSR count). The molecule has 0 heterocycles. The van der Waals surface area contributed by atoms with Crippen LogP contribution < -0.4 is 4.74 Å². The lowest BCUT2D eigenvalue weighted by atomic mass is 10.1. The van der Waals surface area contributed by atoms with Gasteiger partial charge >= 0.3 is 0 Å². The molecule has 0 fully saturated rings. The van der Waals surface area contributed by atoms with Crippen molar-refractivity contribution in [1.82, 2.24) is 4.31 Å². The quantitative estimate of drug-likeness (QED) is 0.657. The van der Waals surface area contributed by atoms with Gasteiger partial charge < -0.3 is 9.47 Å². The number of aryl methyl sites for hydroxylation is 1. The van der Waals surface area contributed by atoms with Gasteiger partial charge in [-0.25, -0.2) is 12.8 Å². The molecule has 0 saturated carbocycles. The Morgan fingerprint density at radius 3 is 2.35 bits per heavy atom. The predicted molar refractivity (Wildman–Crippen MR) is 98.3 cm³/mol. The standard InChI is InChI=1S/C19H24FNO4S/c1-14-13-18(9-10-19(14)25-12-11-24-4)26(22,23)21(3)15(2)16-5-7-17(20)8-6-16/h5-10,13,15H,11-12H2,1-4H3. The third-order valence-corrected chi connectivity index (χ3v) is 6.19. The summed E-state index contributed by atoms with van der Waals surface area (Å²) in [7, 11) is -0.599. The number of halogens is 1. The first-order valence-electron chi connectivity index (χ1n) is 8.23. The van der Waals surface area contributed by atoms with Crippen LogP contribution >= 0.6 is 0 Å². The van der Waals surface area contributed by atoms with E-state index in [9.17, 15) is 12.8 Å². The van der Waals surface area contributed by atoms with E-state index in [-0.39, 0.29) is 10.7 Å². The number of rotatable bonds is 8. The number of sulfonamides is 1. The molecule has 0 spiro atoms. The van der Waals surface area contributed by atoms with E-state index in [1.54, 1.807) is 45.2 Å². The van der Waals surface area contributed by atoms with Crippen LogP contribution in [0.15, 0.2) is 47.4 Å². The Morgan fingerprint density at radius 2 is 1.77 bits per heavy atom. The van der Waals surface area contributed by atoms with E-state index in [1.807, 2.05) is 0 Å². The van der Waals surface area contributed by atoms with E-state index in [0.29, 0.717) is 24.5 Å². The zero-order chi connectivity index (χ0) is 19.3. The van der Waals surface area contributed by atoms with Crippen molar-refractivity contribution in [3.63, 3.8) is 0 Å². The van der Waals surface area contributed by atoms with Crippen molar-refractivity contribution < 1.29 is 22.3 Å². The van der Waals surface area contributed by atoms with E-state index in [1.165, 1.54) is 29.6 Å². The lowest BCUT2D eigenvalue weighted by Gasteiger charge is -2.25. The molecule has 0 aliphatic carbocycles. The van der Waals surface area contributed by atoms with E-state index < -0.39 is 16.1 Å². The molecule has 26 heavy (non-hydrogen) atoms. The molecular weight excluding hydrogens is 357 g/mol. The van der Waals surface area contributed by atoms with Crippen LogP contribution in [0, 0.1) is 12.7 Å². The topological polar surface area (TPSA) is 55.8 Å². The van der Waals surface area contributed by atoms with Gasteiger partial charge in [-0.1, -0.05) is 12.1 Å². The normalized spacial score (nSPS) is 13.0. The molecule has 0 aromatic heterocycles. The summed E-state index contributed by atoms with van der Waals surface area (Å²) in [5.41, 5.74) is 1.44. The number of ether oxygens (including phenoxy) is 2. The molecule has 2 aromatic rings. The minimum Gasteiger partial charge on any atom is -0.491 e. The van der Waals surface area contributed by atoms with Gasteiger partial charge in [0.25, 0.3) is 0 Å². The van der Waals surface area contributed by atoms with Crippen molar-refractivity contribution in [3.05, 3.63) is 59.4 Å². The maximum atomic E-state index is 13.1. The average molecular weight is 381 g/mol. The summed E-state index contributed by atoms with van der Waals surface area (Å²) in [4.78, 5) is 0.186. The SMILES string of the molecule is COCCOc1ccc(S(=O)(=O)N(C)C(C)c2ccc(F)cc2)cc1C. The summed E-state index contributed by atoms with van der Waals surface area (Å²) in [6.45, 7) is 4.41. The Kier molecular flexibility index (Phi) is 6.75. The van der Waals surface area contributed by atoms with Gasteiger partial charge in [-0.15, -0.1) is 0 Å². The first kappa shape index (κ1) is 20.4. The third kappa shape index (κ3) is 4.60. The molecule has 7 heteroatoms. The highest BCUT2D eigenvalue weighted by Crippen LogP contribution is 2.28.